The van der Waals surface area contributed by atoms with Crippen LogP contribution in [0.5, 0.6) is 0 Å². The van der Waals surface area contributed by atoms with Gasteiger partial charge >= 0.3 is 7.05 Å². The van der Waals surface area contributed by atoms with Crippen LogP contribution in [0, 0.1) is 12.7 Å². The molecule has 8 heteroatoms. The first-order valence-corrected chi connectivity index (χ1v) is 7.83. The highest BCUT2D eigenvalue weighted by Crippen LogP contribution is 2.23. The van der Waals surface area contributed by atoms with Crippen LogP contribution in [0.4, 0.5) is 10.2 Å². The maximum atomic E-state index is 13.7. The second-order valence-corrected chi connectivity index (χ2v) is 5.94. The van der Waals surface area contributed by atoms with Gasteiger partial charge in [-0.15, -0.1) is 0 Å². The molecule has 0 spiro atoms. The summed E-state index contributed by atoms with van der Waals surface area (Å²) in [6.07, 6.45) is 0. The minimum atomic E-state index is -0.445. The Hall–Kier alpha value is -1.77. The van der Waals surface area contributed by atoms with Gasteiger partial charge in [-0.25, -0.2) is 14.4 Å². The molecule has 122 valence electrons. The zero-order chi connectivity index (χ0) is 16.6. The normalized spacial score (nSPS) is 16.1. The van der Waals surface area contributed by atoms with E-state index in [0.29, 0.717) is 22.3 Å². The van der Waals surface area contributed by atoms with Crippen LogP contribution < -0.4 is 10.6 Å². The number of rotatable bonds is 3. The zero-order valence-electron chi connectivity index (χ0n) is 13.5. The van der Waals surface area contributed by atoms with Crippen LogP contribution in [-0.2, 0) is 6.54 Å². The van der Waals surface area contributed by atoms with Gasteiger partial charge in [0, 0.05) is 38.8 Å². The van der Waals surface area contributed by atoms with Crippen LogP contribution in [0.1, 0.15) is 11.3 Å². The monoisotopic (exact) mass is 317 g/mol. The Morgan fingerprint density at radius 2 is 1.87 bits per heavy atom. The van der Waals surface area contributed by atoms with Crippen molar-refractivity contribution in [3.63, 3.8) is 0 Å². The number of nitrogens with two attached hydrogens (primary N) is 1. The van der Waals surface area contributed by atoms with E-state index >= 15 is 0 Å². The molecule has 0 saturated carbocycles. The van der Waals surface area contributed by atoms with Gasteiger partial charge in [-0.05, 0) is 25.4 Å². The third-order valence-electron chi connectivity index (χ3n) is 4.33. The Kier molecular flexibility index (Phi) is 4.47. The van der Waals surface area contributed by atoms with Gasteiger partial charge in [0.15, 0.2) is 5.82 Å². The number of fused-ring (bicyclic) bond motifs is 1. The molecule has 0 radical (unpaired) electrons. The number of aromatic nitrogens is 2. The van der Waals surface area contributed by atoms with Gasteiger partial charge in [0.05, 0.1) is 16.7 Å². The van der Waals surface area contributed by atoms with E-state index < -0.39 is 7.05 Å². The fourth-order valence-electron chi connectivity index (χ4n) is 2.91. The largest absolute Gasteiger partial charge is 0.437 e. The Labute approximate surface area is 135 Å². The van der Waals surface area contributed by atoms with Gasteiger partial charge in [-0.3, -0.25) is 0 Å². The van der Waals surface area contributed by atoms with Crippen molar-refractivity contribution in [2.45, 2.75) is 20.3 Å². The maximum Gasteiger partial charge on any atom is 0.376 e. The minimum absolute atomic E-state index is 0.254. The van der Waals surface area contributed by atoms with E-state index in [1.807, 2.05) is 4.81 Å². The molecule has 23 heavy (non-hydrogen) atoms. The number of hydrogen-bond donors (Lipinski definition) is 2. The smallest absolute Gasteiger partial charge is 0.376 e. The molecule has 3 N–H and O–H groups in total. The molecule has 0 aliphatic carbocycles. The van der Waals surface area contributed by atoms with E-state index in [1.54, 1.807) is 19.8 Å². The van der Waals surface area contributed by atoms with Crippen molar-refractivity contribution >= 4 is 23.9 Å². The topological polar surface area (TPSA) is 78.5 Å². The highest BCUT2D eigenvalue weighted by Gasteiger charge is 2.25. The predicted octanol–water partition coefficient (Wildman–Crippen LogP) is 0.768. The molecule has 3 rings (SSSR count). The Morgan fingerprint density at radius 3 is 2.48 bits per heavy atom. The standard InChI is InChI=1S/C15H21BFN5O/c1-10-7-12-13(8-11(10)17)19-14(9-18)15(20-12)21-3-5-22(6-4-21)16(2)23/h7-8,23H,3-6,9,18H2,1-2H3. The quantitative estimate of drug-likeness (QED) is 0.814. The van der Waals surface area contributed by atoms with Crippen molar-refractivity contribution < 1.29 is 9.41 Å². The van der Waals surface area contributed by atoms with Gasteiger partial charge in [0.2, 0.25) is 0 Å². The van der Waals surface area contributed by atoms with Gasteiger partial charge in [-0.1, -0.05) is 0 Å². The van der Waals surface area contributed by atoms with Crippen LogP contribution in [-0.4, -0.2) is 53.0 Å². The summed E-state index contributed by atoms with van der Waals surface area (Å²) in [5.74, 6) is 0.476. The zero-order valence-corrected chi connectivity index (χ0v) is 13.5. The molecule has 2 aromatic rings. The third kappa shape index (κ3) is 3.15. The van der Waals surface area contributed by atoms with Crippen molar-refractivity contribution in [2.75, 3.05) is 31.1 Å². The predicted molar refractivity (Wildman–Crippen MR) is 89.7 cm³/mol. The first kappa shape index (κ1) is 16.1. The highest BCUT2D eigenvalue weighted by atomic mass is 19.1. The summed E-state index contributed by atoms with van der Waals surface area (Å²) in [5, 5.41) is 9.66. The van der Waals surface area contributed by atoms with Gasteiger partial charge < -0.3 is 20.5 Å². The molecule has 1 fully saturated rings. The van der Waals surface area contributed by atoms with Gasteiger partial charge in [0.25, 0.3) is 0 Å². The van der Waals surface area contributed by atoms with Crippen molar-refractivity contribution in [3.05, 3.63) is 29.2 Å². The fraction of sp³-hybridized carbons (Fsp3) is 0.467. The van der Waals surface area contributed by atoms with Crippen molar-refractivity contribution in [3.8, 4) is 0 Å². The lowest BCUT2D eigenvalue weighted by Crippen LogP contribution is -2.52. The summed E-state index contributed by atoms with van der Waals surface area (Å²) in [4.78, 5) is 13.3. The summed E-state index contributed by atoms with van der Waals surface area (Å²) < 4.78 is 13.7. The average Bonchev–Trinajstić information content (AvgIpc) is 2.55. The number of piperazine rings is 1. The number of aryl methyl sites for hydroxylation is 1. The van der Waals surface area contributed by atoms with E-state index in [0.717, 1.165) is 32.0 Å². The summed E-state index contributed by atoms with van der Waals surface area (Å²) in [6.45, 7) is 6.75. The number of nitrogens with zero attached hydrogens (tertiary/aromatic N) is 4. The van der Waals surface area contributed by atoms with Crippen LogP contribution >= 0.6 is 0 Å². The summed E-state index contributed by atoms with van der Waals surface area (Å²) in [7, 11) is -0.445. The van der Waals surface area contributed by atoms with E-state index in [1.165, 1.54) is 6.07 Å². The molecular weight excluding hydrogens is 296 g/mol. The van der Waals surface area contributed by atoms with Crippen molar-refractivity contribution in [2.24, 2.45) is 5.73 Å². The maximum absolute atomic E-state index is 13.7. The Bertz CT molecular complexity index is 719. The molecule has 2 heterocycles. The molecule has 1 aromatic carbocycles. The molecule has 1 aliphatic heterocycles. The molecule has 0 bridgehead atoms. The third-order valence-corrected chi connectivity index (χ3v) is 4.33. The van der Waals surface area contributed by atoms with Gasteiger partial charge in [0.1, 0.15) is 5.82 Å². The molecule has 1 saturated heterocycles. The first-order valence-electron chi connectivity index (χ1n) is 7.83. The lowest BCUT2D eigenvalue weighted by Gasteiger charge is -2.36. The fourth-order valence-corrected chi connectivity index (χ4v) is 2.91. The van der Waals surface area contributed by atoms with Crippen LogP contribution in [0.2, 0.25) is 6.82 Å². The number of benzene rings is 1. The average molecular weight is 317 g/mol. The lowest BCUT2D eigenvalue weighted by molar-refractivity contribution is 0.343. The SMILES string of the molecule is CB(O)N1CCN(c2nc3cc(C)c(F)cc3nc2CN)CC1. The summed E-state index contributed by atoms with van der Waals surface area (Å²) in [5.41, 5.74) is 8.25. The number of halogens is 1. The van der Waals surface area contributed by atoms with Crippen molar-refractivity contribution in [1.82, 2.24) is 14.8 Å². The van der Waals surface area contributed by atoms with E-state index in [-0.39, 0.29) is 12.4 Å². The molecular formula is C15H21BFN5O. The van der Waals surface area contributed by atoms with Crippen LogP contribution in [0.15, 0.2) is 12.1 Å². The molecule has 6 nitrogen and oxygen atoms in total. The van der Waals surface area contributed by atoms with Crippen LogP contribution in [0.3, 0.4) is 0 Å². The molecule has 0 unspecified atom stereocenters. The van der Waals surface area contributed by atoms with E-state index in [9.17, 15) is 9.41 Å². The number of hydrogen-bond acceptors (Lipinski definition) is 6. The molecule has 1 aromatic heterocycles. The van der Waals surface area contributed by atoms with E-state index in [2.05, 4.69) is 14.9 Å². The number of anilines is 1. The molecule has 1 aliphatic rings. The second kappa shape index (κ2) is 6.39. The molecule has 0 atom stereocenters. The summed E-state index contributed by atoms with van der Waals surface area (Å²) in [6, 6.07) is 3.12. The molecule has 0 amide bonds. The minimum Gasteiger partial charge on any atom is -0.437 e. The summed E-state index contributed by atoms with van der Waals surface area (Å²) >= 11 is 0. The first-order chi connectivity index (χ1) is 11.0. The van der Waals surface area contributed by atoms with Gasteiger partial charge in [-0.2, -0.15) is 0 Å². The second-order valence-electron chi connectivity index (χ2n) is 5.94. The Balaban J connectivity index is 1.95. The van der Waals surface area contributed by atoms with E-state index in [4.69, 9.17) is 5.73 Å². The van der Waals surface area contributed by atoms with Crippen molar-refractivity contribution in [1.29, 1.82) is 0 Å². The highest BCUT2D eigenvalue weighted by molar-refractivity contribution is 6.45. The van der Waals surface area contributed by atoms with Crippen LogP contribution in [0.25, 0.3) is 11.0 Å². The lowest BCUT2D eigenvalue weighted by atomic mass is 9.84. The Morgan fingerprint density at radius 1 is 1.22 bits per heavy atom.